The van der Waals surface area contributed by atoms with Crippen LogP contribution in [0.5, 0.6) is 0 Å². The Morgan fingerprint density at radius 2 is 1.65 bits per heavy atom. The average molecular weight is 330 g/mol. The summed E-state index contributed by atoms with van der Waals surface area (Å²) in [5, 5.41) is 3.33. The molecule has 1 atom stereocenters. The summed E-state index contributed by atoms with van der Waals surface area (Å²) in [5.41, 5.74) is 2.09. The summed E-state index contributed by atoms with van der Waals surface area (Å²) < 4.78 is 8.05. The van der Waals surface area contributed by atoms with Crippen molar-refractivity contribution >= 4 is 36.1 Å². The molecule has 0 bridgehead atoms. The molecule has 6 heteroatoms. The minimum Gasteiger partial charge on any atom is -0.464 e. The van der Waals surface area contributed by atoms with E-state index in [2.05, 4.69) is 10.0 Å². The van der Waals surface area contributed by atoms with E-state index >= 15 is 0 Å². The predicted molar refractivity (Wildman–Crippen MR) is 91.6 cm³/mol. The van der Waals surface area contributed by atoms with E-state index in [4.69, 9.17) is 9.53 Å². The van der Waals surface area contributed by atoms with Crippen LogP contribution < -0.4 is 10.0 Å². The van der Waals surface area contributed by atoms with Gasteiger partial charge in [0.15, 0.2) is 0 Å². The Labute approximate surface area is 139 Å². The number of nitrogens with one attached hydrogen (secondary N) is 2. The Morgan fingerprint density at radius 1 is 1.00 bits per heavy atom. The Balaban J connectivity index is 0.000000924. The van der Waals surface area contributed by atoms with Crippen molar-refractivity contribution < 1.29 is 14.3 Å². The zero-order valence-corrected chi connectivity index (χ0v) is 13.3. The van der Waals surface area contributed by atoms with Gasteiger partial charge in [0.2, 0.25) is 0 Å². The van der Waals surface area contributed by atoms with Gasteiger partial charge >= 0.3 is 5.97 Å². The van der Waals surface area contributed by atoms with Gasteiger partial charge in [-0.3, -0.25) is 4.79 Å². The molecule has 0 saturated carbocycles. The Bertz CT molecular complexity index is 619. The highest BCUT2D eigenvalue weighted by atomic mass is 32.2. The number of rotatable bonds is 5. The molecule has 0 spiro atoms. The summed E-state index contributed by atoms with van der Waals surface area (Å²) in [6.45, 7) is 2.51. The quantitative estimate of drug-likeness (QED) is 0.648. The average Bonchev–Trinajstić information content (AvgIpc) is 3.02. The number of esters is 1. The van der Waals surface area contributed by atoms with Gasteiger partial charge in [0, 0.05) is 22.7 Å². The third-order valence-electron chi connectivity index (χ3n) is 3.17. The van der Waals surface area contributed by atoms with Crippen molar-refractivity contribution in [2.24, 2.45) is 0 Å². The highest BCUT2D eigenvalue weighted by molar-refractivity contribution is 7.97. The standard InChI is InChI=1S/C16H16N2O2S.CH2O/c19-16-15(10-11-20-16)18-21-14-8-6-13(7-9-14)17-12-4-2-1-3-5-12;1-2/h1-9,15,17-18H,10-11H2;1H2. The summed E-state index contributed by atoms with van der Waals surface area (Å²) in [6, 6.07) is 17.9. The molecule has 1 fully saturated rings. The van der Waals surface area contributed by atoms with Gasteiger partial charge in [0.1, 0.15) is 12.8 Å². The van der Waals surface area contributed by atoms with Crippen molar-refractivity contribution in [2.45, 2.75) is 17.4 Å². The molecule has 1 heterocycles. The summed E-state index contributed by atoms with van der Waals surface area (Å²) in [6.07, 6.45) is 0.736. The highest BCUT2D eigenvalue weighted by Gasteiger charge is 2.25. The zero-order valence-electron chi connectivity index (χ0n) is 12.5. The fourth-order valence-electron chi connectivity index (χ4n) is 2.04. The summed E-state index contributed by atoms with van der Waals surface area (Å²) >= 11 is 1.46. The fraction of sp³-hybridized carbons (Fsp3) is 0.176. The monoisotopic (exact) mass is 330 g/mol. The van der Waals surface area contributed by atoms with Gasteiger partial charge in [-0.2, -0.15) is 0 Å². The van der Waals surface area contributed by atoms with E-state index in [0.717, 1.165) is 22.7 Å². The molecular weight excluding hydrogens is 312 g/mol. The second-order valence-electron chi connectivity index (χ2n) is 4.74. The second kappa shape index (κ2) is 8.97. The number of benzene rings is 2. The molecule has 0 radical (unpaired) electrons. The topological polar surface area (TPSA) is 67.4 Å². The lowest BCUT2D eigenvalue weighted by molar-refractivity contribution is -0.139. The molecule has 5 nitrogen and oxygen atoms in total. The van der Waals surface area contributed by atoms with E-state index in [0.29, 0.717) is 6.61 Å². The number of ether oxygens (including phenoxy) is 1. The minimum absolute atomic E-state index is 0.162. The molecule has 0 amide bonds. The maximum absolute atomic E-state index is 11.3. The highest BCUT2D eigenvalue weighted by Crippen LogP contribution is 2.22. The van der Waals surface area contributed by atoms with E-state index in [-0.39, 0.29) is 12.0 Å². The molecule has 1 saturated heterocycles. The molecule has 2 aromatic rings. The van der Waals surface area contributed by atoms with Crippen molar-refractivity contribution in [1.82, 2.24) is 4.72 Å². The van der Waals surface area contributed by atoms with E-state index < -0.39 is 0 Å². The minimum atomic E-state index is -0.197. The zero-order chi connectivity index (χ0) is 16.5. The van der Waals surface area contributed by atoms with Crippen molar-refractivity contribution in [3.63, 3.8) is 0 Å². The number of anilines is 2. The van der Waals surface area contributed by atoms with E-state index in [1.54, 1.807) is 0 Å². The summed E-state index contributed by atoms with van der Waals surface area (Å²) in [5.74, 6) is -0.162. The van der Waals surface area contributed by atoms with Crippen molar-refractivity contribution in [3.05, 3.63) is 54.6 Å². The van der Waals surface area contributed by atoms with Gasteiger partial charge in [-0.25, -0.2) is 4.72 Å². The fourth-order valence-corrected chi connectivity index (χ4v) is 2.80. The van der Waals surface area contributed by atoms with Crippen molar-refractivity contribution in [3.8, 4) is 0 Å². The number of carbonyl (C=O) groups excluding carboxylic acids is 2. The first-order valence-electron chi connectivity index (χ1n) is 7.11. The van der Waals surface area contributed by atoms with Crippen LogP contribution in [-0.2, 0) is 14.3 Å². The molecule has 3 rings (SSSR count). The number of carbonyl (C=O) groups is 2. The van der Waals surface area contributed by atoms with E-state index in [1.165, 1.54) is 11.9 Å². The van der Waals surface area contributed by atoms with Crippen LogP contribution in [-0.4, -0.2) is 25.4 Å². The van der Waals surface area contributed by atoms with Crippen LogP contribution in [0.25, 0.3) is 0 Å². The molecule has 23 heavy (non-hydrogen) atoms. The van der Waals surface area contributed by atoms with Crippen LogP contribution in [0.15, 0.2) is 59.5 Å². The van der Waals surface area contributed by atoms with Crippen molar-refractivity contribution in [1.29, 1.82) is 0 Å². The molecule has 0 aromatic heterocycles. The van der Waals surface area contributed by atoms with Crippen molar-refractivity contribution in [2.75, 3.05) is 11.9 Å². The molecule has 2 aromatic carbocycles. The molecular formula is C17H18N2O3S. The lowest BCUT2D eigenvalue weighted by Gasteiger charge is -2.09. The van der Waals surface area contributed by atoms with E-state index in [9.17, 15) is 4.79 Å². The number of para-hydroxylation sites is 1. The SMILES string of the molecule is C=O.O=C1OCCC1NSc1ccc(Nc2ccccc2)cc1. The van der Waals surface area contributed by atoms with Gasteiger partial charge in [-0.1, -0.05) is 18.2 Å². The largest absolute Gasteiger partial charge is 0.464 e. The third-order valence-corrected chi connectivity index (χ3v) is 4.08. The van der Waals surface area contributed by atoms with Gasteiger partial charge < -0.3 is 14.8 Å². The van der Waals surface area contributed by atoms with Crippen LogP contribution >= 0.6 is 11.9 Å². The number of hydrogen-bond acceptors (Lipinski definition) is 6. The van der Waals surface area contributed by atoms with Crippen LogP contribution in [0.4, 0.5) is 11.4 Å². The number of hydrogen-bond donors (Lipinski definition) is 2. The Kier molecular flexibility index (Phi) is 6.65. The Morgan fingerprint density at radius 3 is 2.26 bits per heavy atom. The van der Waals surface area contributed by atoms with Gasteiger partial charge in [0.25, 0.3) is 0 Å². The van der Waals surface area contributed by atoms with Gasteiger partial charge in [0.05, 0.1) is 6.61 Å². The first kappa shape index (κ1) is 17.1. The molecule has 1 aliphatic rings. The molecule has 120 valence electrons. The second-order valence-corrected chi connectivity index (χ2v) is 5.66. The summed E-state index contributed by atoms with van der Waals surface area (Å²) in [4.78, 5) is 20.4. The maximum atomic E-state index is 11.3. The maximum Gasteiger partial charge on any atom is 0.324 e. The van der Waals surface area contributed by atoms with Crippen LogP contribution in [0.3, 0.4) is 0 Å². The molecule has 1 aliphatic heterocycles. The van der Waals surface area contributed by atoms with Crippen LogP contribution in [0, 0.1) is 0 Å². The predicted octanol–water partition coefficient (Wildman–Crippen LogP) is 3.16. The van der Waals surface area contributed by atoms with E-state index in [1.807, 2.05) is 61.4 Å². The Hall–Kier alpha value is -2.31. The third kappa shape index (κ3) is 5.12. The smallest absolute Gasteiger partial charge is 0.324 e. The normalized spacial score (nSPS) is 16.2. The van der Waals surface area contributed by atoms with Gasteiger partial charge in [-0.05, 0) is 48.3 Å². The number of cyclic esters (lactones) is 1. The molecule has 0 aliphatic carbocycles. The molecule has 1 unspecified atom stereocenters. The first-order chi connectivity index (χ1) is 11.3. The first-order valence-corrected chi connectivity index (χ1v) is 7.93. The van der Waals surface area contributed by atoms with Crippen LogP contribution in [0.1, 0.15) is 6.42 Å². The lowest BCUT2D eigenvalue weighted by atomic mass is 10.3. The molecule has 2 N–H and O–H groups in total. The summed E-state index contributed by atoms with van der Waals surface area (Å²) in [7, 11) is 0. The lowest BCUT2D eigenvalue weighted by Crippen LogP contribution is -2.27. The van der Waals surface area contributed by atoms with Gasteiger partial charge in [-0.15, -0.1) is 0 Å². The van der Waals surface area contributed by atoms with Crippen LogP contribution in [0.2, 0.25) is 0 Å².